The average Bonchev–Trinajstić information content (AvgIpc) is 3.15. The van der Waals surface area contributed by atoms with E-state index >= 15 is 0 Å². The maximum Gasteiger partial charge on any atom is 0.272 e. The second-order valence-corrected chi connectivity index (χ2v) is 5.65. The van der Waals surface area contributed by atoms with Crippen molar-refractivity contribution >= 4 is 5.91 Å². The van der Waals surface area contributed by atoms with Crippen molar-refractivity contribution in [2.24, 2.45) is 0 Å². The Kier molecular flexibility index (Phi) is 4.24. The van der Waals surface area contributed by atoms with E-state index in [2.05, 4.69) is 21.6 Å². The van der Waals surface area contributed by atoms with Gasteiger partial charge >= 0.3 is 0 Å². The standard InChI is InChI=1S/C16H18N6O/c1-12-8-15(16(23)19-14-5-7-21(9-14)11-17)20-22(12)10-13-4-2-3-6-18-13/h2-4,6,8,14H,5,7,9-10H2,1H3,(H,19,23)/t14-/m1/s1. The lowest BCUT2D eigenvalue weighted by Crippen LogP contribution is -2.36. The van der Waals surface area contributed by atoms with Gasteiger partial charge in [0, 0.05) is 31.0 Å². The van der Waals surface area contributed by atoms with E-state index in [9.17, 15) is 4.79 Å². The Balaban J connectivity index is 1.66. The molecule has 23 heavy (non-hydrogen) atoms. The SMILES string of the molecule is Cc1cc(C(=O)N[C@@H]2CCN(C#N)C2)nn1Cc1ccccn1. The molecule has 7 heteroatoms. The molecule has 2 aromatic rings. The van der Waals surface area contributed by atoms with Crippen molar-refractivity contribution in [3.8, 4) is 6.19 Å². The largest absolute Gasteiger partial charge is 0.346 e. The Hall–Kier alpha value is -2.88. The first-order chi connectivity index (χ1) is 11.2. The molecule has 0 aromatic carbocycles. The lowest BCUT2D eigenvalue weighted by Gasteiger charge is -2.10. The van der Waals surface area contributed by atoms with Gasteiger partial charge in [-0.3, -0.25) is 14.5 Å². The molecule has 0 bridgehead atoms. The van der Waals surface area contributed by atoms with Gasteiger partial charge < -0.3 is 10.2 Å². The molecular weight excluding hydrogens is 292 g/mol. The molecule has 1 aliphatic heterocycles. The number of nitrogens with one attached hydrogen (secondary N) is 1. The summed E-state index contributed by atoms with van der Waals surface area (Å²) in [5, 5.41) is 16.2. The van der Waals surface area contributed by atoms with E-state index in [0.717, 1.165) is 17.8 Å². The molecule has 3 rings (SSSR count). The maximum atomic E-state index is 12.3. The predicted octanol–water partition coefficient (Wildman–Crippen LogP) is 0.920. The monoisotopic (exact) mass is 310 g/mol. The van der Waals surface area contributed by atoms with Crippen LogP contribution in [0.15, 0.2) is 30.5 Å². The van der Waals surface area contributed by atoms with Crippen LogP contribution in [0.2, 0.25) is 0 Å². The van der Waals surface area contributed by atoms with Crippen LogP contribution >= 0.6 is 0 Å². The van der Waals surface area contributed by atoms with Gasteiger partial charge in [-0.2, -0.15) is 10.4 Å². The van der Waals surface area contributed by atoms with Gasteiger partial charge in [0.05, 0.1) is 12.2 Å². The Bertz CT molecular complexity index is 733. The highest BCUT2D eigenvalue weighted by Gasteiger charge is 2.24. The molecule has 7 nitrogen and oxygen atoms in total. The Morgan fingerprint density at radius 2 is 2.39 bits per heavy atom. The zero-order valence-electron chi connectivity index (χ0n) is 12.9. The second kappa shape index (κ2) is 6.48. The Morgan fingerprint density at radius 3 is 3.09 bits per heavy atom. The van der Waals surface area contributed by atoms with Gasteiger partial charge in [-0.25, -0.2) is 0 Å². The number of aryl methyl sites for hydroxylation is 1. The minimum absolute atomic E-state index is 0.00314. The number of nitrogens with zero attached hydrogens (tertiary/aromatic N) is 5. The minimum atomic E-state index is -0.197. The Morgan fingerprint density at radius 1 is 1.52 bits per heavy atom. The summed E-state index contributed by atoms with van der Waals surface area (Å²) in [5.74, 6) is -0.197. The third-order valence-corrected chi connectivity index (χ3v) is 3.92. The van der Waals surface area contributed by atoms with E-state index in [-0.39, 0.29) is 11.9 Å². The van der Waals surface area contributed by atoms with Gasteiger partial charge in [0.2, 0.25) is 0 Å². The van der Waals surface area contributed by atoms with Gasteiger partial charge in [-0.1, -0.05) is 6.07 Å². The number of carbonyl (C=O) groups is 1. The van der Waals surface area contributed by atoms with Crippen LogP contribution in [0.3, 0.4) is 0 Å². The summed E-state index contributed by atoms with van der Waals surface area (Å²) in [6, 6.07) is 7.49. The molecule has 0 spiro atoms. The fourth-order valence-electron chi connectivity index (χ4n) is 2.65. The number of carbonyl (C=O) groups excluding carboxylic acids is 1. The van der Waals surface area contributed by atoms with Crippen LogP contribution in [0, 0.1) is 18.4 Å². The van der Waals surface area contributed by atoms with Crippen LogP contribution in [-0.4, -0.2) is 44.7 Å². The average molecular weight is 310 g/mol. The summed E-state index contributed by atoms with van der Waals surface area (Å²) in [5.41, 5.74) is 2.20. The molecule has 1 N–H and O–H groups in total. The summed E-state index contributed by atoms with van der Waals surface area (Å²) in [6.45, 7) is 3.70. The third-order valence-electron chi connectivity index (χ3n) is 3.92. The van der Waals surface area contributed by atoms with Crippen molar-refractivity contribution < 1.29 is 4.79 Å². The fourth-order valence-corrected chi connectivity index (χ4v) is 2.65. The molecule has 0 aliphatic carbocycles. The number of amides is 1. The molecule has 2 aromatic heterocycles. The van der Waals surface area contributed by atoms with E-state index in [1.807, 2.05) is 25.1 Å². The van der Waals surface area contributed by atoms with Gasteiger partial charge in [0.1, 0.15) is 5.69 Å². The summed E-state index contributed by atoms with van der Waals surface area (Å²) in [7, 11) is 0. The van der Waals surface area contributed by atoms with Crippen molar-refractivity contribution in [1.82, 2.24) is 25.0 Å². The summed E-state index contributed by atoms with van der Waals surface area (Å²) < 4.78 is 1.77. The number of hydrogen-bond donors (Lipinski definition) is 1. The van der Waals surface area contributed by atoms with Crippen LogP contribution in [0.25, 0.3) is 0 Å². The molecule has 118 valence electrons. The quantitative estimate of drug-likeness (QED) is 0.849. The molecule has 3 heterocycles. The molecule has 1 saturated heterocycles. The molecule has 0 unspecified atom stereocenters. The first-order valence-corrected chi connectivity index (χ1v) is 7.55. The van der Waals surface area contributed by atoms with E-state index < -0.39 is 0 Å². The number of hydrogen-bond acceptors (Lipinski definition) is 5. The van der Waals surface area contributed by atoms with Crippen LogP contribution in [0.4, 0.5) is 0 Å². The van der Waals surface area contributed by atoms with E-state index in [1.165, 1.54) is 0 Å². The molecule has 1 amide bonds. The van der Waals surface area contributed by atoms with Gasteiger partial charge in [0.25, 0.3) is 5.91 Å². The number of nitriles is 1. The summed E-state index contributed by atoms with van der Waals surface area (Å²) in [4.78, 5) is 18.2. The highest BCUT2D eigenvalue weighted by atomic mass is 16.2. The van der Waals surface area contributed by atoms with E-state index in [0.29, 0.717) is 25.3 Å². The lowest BCUT2D eigenvalue weighted by atomic mass is 10.2. The van der Waals surface area contributed by atoms with E-state index in [4.69, 9.17) is 5.26 Å². The number of pyridine rings is 1. The maximum absolute atomic E-state index is 12.3. The summed E-state index contributed by atoms with van der Waals surface area (Å²) >= 11 is 0. The van der Waals surface area contributed by atoms with Gasteiger partial charge in [0.15, 0.2) is 6.19 Å². The van der Waals surface area contributed by atoms with Crippen LogP contribution < -0.4 is 5.32 Å². The van der Waals surface area contributed by atoms with Crippen molar-refractivity contribution in [1.29, 1.82) is 5.26 Å². The minimum Gasteiger partial charge on any atom is -0.346 e. The predicted molar refractivity (Wildman–Crippen MR) is 83.4 cm³/mol. The molecule has 1 atom stereocenters. The Labute approximate surface area is 134 Å². The van der Waals surface area contributed by atoms with Crippen molar-refractivity contribution in [3.63, 3.8) is 0 Å². The van der Waals surface area contributed by atoms with Gasteiger partial charge in [-0.05, 0) is 31.5 Å². The highest BCUT2D eigenvalue weighted by molar-refractivity contribution is 5.92. The number of rotatable bonds is 4. The summed E-state index contributed by atoms with van der Waals surface area (Å²) in [6.07, 6.45) is 4.63. The normalized spacial score (nSPS) is 17.0. The molecule has 0 saturated carbocycles. The first-order valence-electron chi connectivity index (χ1n) is 7.55. The first kappa shape index (κ1) is 15.0. The zero-order chi connectivity index (χ0) is 16.2. The molecular formula is C16H18N6O. The van der Waals surface area contributed by atoms with Crippen LogP contribution in [-0.2, 0) is 6.54 Å². The van der Waals surface area contributed by atoms with Crippen molar-refractivity contribution in [3.05, 3.63) is 47.5 Å². The second-order valence-electron chi connectivity index (χ2n) is 5.65. The smallest absolute Gasteiger partial charge is 0.272 e. The molecule has 1 fully saturated rings. The lowest BCUT2D eigenvalue weighted by molar-refractivity contribution is 0.0933. The van der Waals surface area contributed by atoms with Crippen LogP contribution in [0.5, 0.6) is 0 Å². The molecule has 0 radical (unpaired) electrons. The fraction of sp³-hybridized carbons (Fsp3) is 0.375. The topological polar surface area (TPSA) is 86.8 Å². The van der Waals surface area contributed by atoms with Crippen molar-refractivity contribution in [2.75, 3.05) is 13.1 Å². The molecule has 1 aliphatic rings. The van der Waals surface area contributed by atoms with Crippen molar-refractivity contribution in [2.45, 2.75) is 25.9 Å². The number of aromatic nitrogens is 3. The van der Waals surface area contributed by atoms with Gasteiger partial charge in [-0.15, -0.1) is 0 Å². The third kappa shape index (κ3) is 3.48. The van der Waals surface area contributed by atoms with E-state index in [1.54, 1.807) is 21.8 Å². The number of likely N-dealkylation sites (tertiary alicyclic amines) is 1. The van der Waals surface area contributed by atoms with Crippen LogP contribution in [0.1, 0.15) is 28.3 Å². The highest BCUT2D eigenvalue weighted by Crippen LogP contribution is 2.10. The zero-order valence-corrected chi connectivity index (χ0v) is 12.9.